The van der Waals surface area contributed by atoms with Crippen LogP contribution in [-0.2, 0) is 0 Å². The lowest BCUT2D eigenvalue weighted by Crippen LogP contribution is -2.32. The zero-order valence-electron chi connectivity index (χ0n) is 14.4. The second-order valence-corrected chi connectivity index (χ2v) is 5.79. The average Bonchev–Trinajstić information content (AvgIpc) is 3.23. The number of amides is 2. The summed E-state index contributed by atoms with van der Waals surface area (Å²) in [4.78, 5) is 16.5. The SMILES string of the molecule is Cc1nc([C@@H](C)NC(=O)Nc2cc(-n3cnnn3)cc(C)c2C)n[nH]1. The molecule has 0 aliphatic heterocycles. The summed E-state index contributed by atoms with van der Waals surface area (Å²) >= 11 is 0. The van der Waals surface area contributed by atoms with E-state index in [1.54, 1.807) is 6.92 Å². The molecule has 10 nitrogen and oxygen atoms in total. The van der Waals surface area contributed by atoms with Crippen molar-refractivity contribution < 1.29 is 4.79 Å². The summed E-state index contributed by atoms with van der Waals surface area (Å²) in [5.74, 6) is 1.23. The second-order valence-electron chi connectivity index (χ2n) is 5.79. The molecule has 0 radical (unpaired) electrons. The van der Waals surface area contributed by atoms with Crippen molar-refractivity contribution in [3.63, 3.8) is 0 Å². The van der Waals surface area contributed by atoms with Gasteiger partial charge >= 0.3 is 6.03 Å². The van der Waals surface area contributed by atoms with Crippen molar-refractivity contribution in [2.75, 3.05) is 5.32 Å². The van der Waals surface area contributed by atoms with Crippen molar-refractivity contribution in [1.29, 1.82) is 0 Å². The normalized spacial score (nSPS) is 12.0. The molecule has 2 heterocycles. The minimum Gasteiger partial charge on any atom is -0.328 e. The van der Waals surface area contributed by atoms with E-state index in [0.29, 0.717) is 17.3 Å². The van der Waals surface area contributed by atoms with Gasteiger partial charge in [-0.2, -0.15) is 5.10 Å². The van der Waals surface area contributed by atoms with Crippen LogP contribution in [0.5, 0.6) is 0 Å². The number of hydrogen-bond donors (Lipinski definition) is 3. The highest BCUT2D eigenvalue weighted by atomic mass is 16.2. The fourth-order valence-electron chi connectivity index (χ4n) is 2.36. The number of aromatic nitrogens is 7. The Labute approximate surface area is 144 Å². The number of carbonyl (C=O) groups is 1. The number of aryl methyl sites for hydroxylation is 2. The van der Waals surface area contributed by atoms with Crippen LogP contribution in [0.4, 0.5) is 10.5 Å². The maximum atomic E-state index is 12.3. The lowest BCUT2D eigenvalue weighted by Gasteiger charge is -2.15. The van der Waals surface area contributed by atoms with Gasteiger partial charge in [0, 0.05) is 5.69 Å². The van der Waals surface area contributed by atoms with Gasteiger partial charge in [0.15, 0.2) is 5.82 Å². The number of H-pyrrole nitrogens is 1. The highest BCUT2D eigenvalue weighted by molar-refractivity contribution is 5.91. The quantitative estimate of drug-likeness (QED) is 0.661. The largest absolute Gasteiger partial charge is 0.328 e. The summed E-state index contributed by atoms with van der Waals surface area (Å²) in [6, 6.07) is 3.11. The maximum absolute atomic E-state index is 12.3. The fourth-order valence-corrected chi connectivity index (χ4v) is 2.36. The van der Waals surface area contributed by atoms with Gasteiger partial charge in [0.1, 0.15) is 12.2 Å². The Hall–Kier alpha value is -3.30. The van der Waals surface area contributed by atoms with Crippen LogP contribution in [0.2, 0.25) is 0 Å². The van der Waals surface area contributed by atoms with E-state index in [2.05, 4.69) is 41.3 Å². The lowest BCUT2D eigenvalue weighted by atomic mass is 10.1. The average molecular weight is 341 g/mol. The summed E-state index contributed by atoms with van der Waals surface area (Å²) in [5.41, 5.74) is 3.43. The number of hydrogen-bond acceptors (Lipinski definition) is 6. The predicted octanol–water partition coefficient (Wildman–Crippen LogP) is 1.59. The van der Waals surface area contributed by atoms with Gasteiger partial charge in [-0.05, 0) is 61.4 Å². The van der Waals surface area contributed by atoms with Crippen LogP contribution in [0.1, 0.15) is 35.7 Å². The summed E-state index contributed by atoms with van der Waals surface area (Å²) in [6.07, 6.45) is 1.50. The van der Waals surface area contributed by atoms with Crippen molar-refractivity contribution in [2.45, 2.75) is 33.7 Å². The number of nitrogens with one attached hydrogen (secondary N) is 3. The number of urea groups is 1. The molecule has 0 bridgehead atoms. The van der Waals surface area contributed by atoms with Crippen LogP contribution >= 0.6 is 0 Å². The molecular weight excluding hydrogens is 322 g/mol. The second kappa shape index (κ2) is 6.67. The van der Waals surface area contributed by atoms with Gasteiger partial charge in [0.05, 0.1) is 11.7 Å². The van der Waals surface area contributed by atoms with E-state index < -0.39 is 0 Å². The Bertz CT molecular complexity index is 885. The van der Waals surface area contributed by atoms with Gasteiger partial charge in [-0.3, -0.25) is 5.10 Å². The number of aromatic amines is 1. The van der Waals surface area contributed by atoms with Crippen LogP contribution < -0.4 is 10.6 Å². The molecule has 3 aromatic rings. The molecule has 1 aromatic carbocycles. The van der Waals surface area contributed by atoms with E-state index in [1.165, 1.54) is 11.0 Å². The number of benzene rings is 1. The third kappa shape index (κ3) is 3.62. The molecule has 3 N–H and O–H groups in total. The van der Waals surface area contributed by atoms with E-state index in [4.69, 9.17) is 0 Å². The number of carbonyl (C=O) groups excluding carboxylic acids is 1. The molecule has 130 valence electrons. The minimum atomic E-state index is -0.341. The zero-order valence-corrected chi connectivity index (χ0v) is 14.4. The third-order valence-electron chi connectivity index (χ3n) is 3.86. The van der Waals surface area contributed by atoms with Gasteiger partial charge < -0.3 is 10.6 Å². The molecule has 0 unspecified atom stereocenters. The van der Waals surface area contributed by atoms with Gasteiger partial charge in [0.25, 0.3) is 0 Å². The molecule has 0 aliphatic carbocycles. The summed E-state index contributed by atoms with van der Waals surface area (Å²) in [5, 5.41) is 23.6. The van der Waals surface area contributed by atoms with Crippen molar-refractivity contribution >= 4 is 11.7 Å². The van der Waals surface area contributed by atoms with Gasteiger partial charge in [-0.15, -0.1) is 5.10 Å². The number of nitrogens with zero attached hydrogens (tertiary/aromatic N) is 6. The molecule has 3 rings (SSSR count). The van der Waals surface area contributed by atoms with E-state index in [1.807, 2.05) is 32.9 Å². The van der Waals surface area contributed by atoms with E-state index in [-0.39, 0.29) is 12.1 Å². The van der Waals surface area contributed by atoms with Crippen LogP contribution in [-0.4, -0.2) is 41.4 Å². The van der Waals surface area contributed by atoms with Crippen molar-refractivity contribution in [3.05, 3.63) is 41.2 Å². The van der Waals surface area contributed by atoms with Crippen molar-refractivity contribution in [3.8, 4) is 5.69 Å². The molecule has 25 heavy (non-hydrogen) atoms. The van der Waals surface area contributed by atoms with Crippen LogP contribution in [0.25, 0.3) is 5.69 Å². The third-order valence-corrected chi connectivity index (χ3v) is 3.86. The Balaban J connectivity index is 1.76. The first-order valence-electron chi connectivity index (χ1n) is 7.75. The Kier molecular flexibility index (Phi) is 4.42. The van der Waals surface area contributed by atoms with E-state index in [0.717, 1.165) is 16.8 Å². The first-order valence-corrected chi connectivity index (χ1v) is 7.75. The lowest BCUT2D eigenvalue weighted by molar-refractivity contribution is 0.249. The molecule has 10 heteroatoms. The Morgan fingerprint density at radius 3 is 2.72 bits per heavy atom. The maximum Gasteiger partial charge on any atom is 0.319 e. The summed E-state index contributed by atoms with van der Waals surface area (Å²) < 4.78 is 1.54. The minimum absolute atomic E-state index is 0.325. The first kappa shape index (κ1) is 16.6. The van der Waals surface area contributed by atoms with Gasteiger partial charge in [0.2, 0.25) is 0 Å². The topological polar surface area (TPSA) is 126 Å². The van der Waals surface area contributed by atoms with Gasteiger partial charge in [-0.1, -0.05) is 0 Å². The number of tetrazole rings is 1. The molecule has 1 atom stereocenters. The highest BCUT2D eigenvalue weighted by Crippen LogP contribution is 2.23. The monoisotopic (exact) mass is 341 g/mol. The molecular formula is C15H19N9O. The molecule has 2 amide bonds. The van der Waals surface area contributed by atoms with Crippen LogP contribution in [0, 0.1) is 20.8 Å². The Morgan fingerprint density at radius 2 is 2.08 bits per heavy atom. The summed E-state index contributed by atoms with van der Waals surface area (Å²) in [6.45, 7) is 7.53. The van der Waals surface area contributed by atoms with Crippen LogP contribution in [0.15, 0.2) is 18.5 Å². The van der Waals surface area contributed by atoms with Crippen LogP contribution in [0.3, 0.4) is 0 Å². The Morgan fingerprint density at radius 1 is 1.28 bits per heavy atom. The molecule has 2 aromatic heterocycles. The predicted molar refractivity (Wildman–Crippen MR) is 90.3 cm³/mol. The van der Waals surface area contributed by atoms with Crippen molar-refractivity contribution in [1.82, 2.24) is 40.7 Å². The molecule has 0 saturated heterocycles. The zero-order chi connectivity index (χ0) is 18.0. The highest BCUT2D eigenvalue weighted by Gasteiger charge is 2.15. The fraction of sp³-hybridized carbons (Fsp3) is 0.333. The van der Waals surface area contributed by atoms with Crippen molar-refractivity contribution in [2.24, 2.45) is 0 Å². The number of rotatable bonds is 4. The smallest absolute Gasteiger partial charge is 0.319 e. The molecule has 0 fully saturated rings. The first-order chi connectivity index (χ1) is 11.9. The standard InChI is InChI=1S/C15H19N9O/c1-8-5-12(24-7-16-22-23-24)6-13(9(8)2)19-15(25)17-10(3)14-18-11(4)20-21-14/h5-7,10H,1-4H3,(H2,17,19,25)(H,18,20,21)/t10-/m1/s1. The van der Waals surface area contributed by atoms with E-state index in [9.17, 15) is 4.79 Å². The van der Waals surface area contributed by atoms with E-state index >= 15 is 0 Å². The number of anilines is 1. The molecule has 0 aliphatic rings. The summed E-state index contributed by atoms with van der Waals surface area (Å²) in [7, 11) is 0. The molecule has 0 spiro atoms. The van der Waals surface area contributed by atoms with Gasteiger partial charge in [-0.25, -0.2) is 14.5 Å². The molecule has 0 saturated carbocycles.